The number of rotatable bonds is 4. The largest absolute Gasteiger partial charge is 0.448 e. The van der Waals surface area contributed by atoms with Crippen molar-refractivity contribution in [1.29, 1.82) is 0 Å². The van der Waals surface area contributed by atoms with Crippen molar-refractivity contribution in [2.24, 2.45) is 0 Å². The molecular weight excluding hydrogens is 468 g/mol. The second-order valence-corrected chi connectivity index (χ2v) is 9.59. The molecule has 2 aromatic rings. The normalized spacial score (nSPS) is 27.8. The van der Waals surface area contributed by atoms with Crippen LogP contribution in [-0.2, 0) is 23.7 Å². The highest BCUT2D eigenvalue weighted by molar-refractivity contribution is 7.79. The van der Waals surface area contributed by atoms with Crippen molar-refractivity contribution in [1.82, 2.24) is 0 Å². The first-order valence-electron chi connectivity index (χ1n) is 11.5. The number of ether oxygens (including phenoxy) is 6. The van der Waals surface area contributed by atoms with E-state index in [9.17, 15) is 5.11 Å². The summed E-state index contributed by atoms with van der Waals surface area (Å²) < 4.78 is 35.9. The Labute approximate surface area is 211 Å². The highest BCUT2D eigenvalue weighted by Gasteiger charge is 2.54. The molecule has 1 N–H and O–H groups in total. The van der Waals surface area contributed by atoms with E-state index in [0.717, 1.165) is 5.56 Å². The maximum atomic E-state index is 11.0. The van der Waals surface area contributed by atoms with Crippen LogP contribution in [0.3, 0.4) is 0 Å². The summed E-state index contributed by atoms with van der Waals surface area (Å²) in [6.45, 7) is 7.34. The standard InChI is InChI=1S/C27H30O7S/c1-26(2)29-17-21(31-25(35)30-19-13-9-6-10-14-19)23(33-26)24-22(32-27(3,4)34-24)20(28)16-15-18-11-7-5-8-12-18/h5-14,20-24,28H,17H2,1-4H3/t20-,21-,22-,23-,24-/m1/s1. The van der Waals surface area contributed by atoms with Gasteiger partial charge in [-0.15, -0.1) is 0 Å². The molecule has 0 aromatic heterocycles. The Hall–Kier alpha value is -2.51. The quantitative estimate of drug-likeness (QED) is 0.504. The van der Waals surface area contributed by atoms with Crippen LogP contribution < -0.4 is 4.74 Å². The summed E-state index contributed by atoms with van der Waals surface area (Å²) in [5.41, 5.74) is 0.786. The Morgan fingerprint density at radius 3 is 2.26 bits per heavy atom. The van der Waals surface area contributed by atoms with Crippen LogP contribution in [0, 0.1) is 11.8 Å². The molecule has 0 saturated carbocycles. The summed E-state index contributed by atoms with van der Waals surface area (Å²) in [6.07, 6.45) is -3.99. The highest BCUT2D eigenvalue weighted by atomic mass is 32.1. The Kier molecular flexibility index (Phi) is 7.77. The van der Waals surface area contributed by atoms with Crippen molar-refractivity contribution < 1.29 is 33.5 Å². The molecule has 0 unspecified atom stereocenters. The van der Waals surface area contributed by atoms with Gasteiger partial charge in [0.15, 0.2) is 17.7 Å². The Morgan fingerprint density at radius 1 is 0.943 bits per heavy atom. The van der Waals surface area contributed by atoms with Crippen molar-refractivity contribution in [2.45, 2.75) is 69.8 Å². The smallest absolute Gasteiger partial charge is 0.358 e. The van der Waals surface area contributed by atoms with Crippen molar-refractivity contribution >= 4 is 17.5 Å². The Bertz CT molecular complexity index is 1060. The fraction of sp³-hybridized carbons (Fsp3) is 0.444. The number of hydrogen-bond donors (Lipinski definition) is 1. The van der Waals surface area contributed by atoms with Gasteiger partial charge in [0.1, 0.15) is 30.2 Å². The summed E-state index contributed by atoms with van der Waals surface area (Å²) in [6, 6.07) is 18.5. The fourth-order valence-electron chi connectivity index (χ4n) is 4.00. The minimum absolute atomic E-state index is 0.0720. The van der Waals surface area contributed by atoms with Crippen molar-refractivity contribution in [3.05, 3.63) is 66.2 Å². The van der Waals surface area contributed by atoms with E-state index in [1.165, 1.54) is 0 Å². The molecule has 186 valence electrons. The third kappa shape index (κ3) is 6.79. The molecule has 2 fully saturated rings. The van der Waals surface area contributed by atoms with E-state index in [1.807, 2.05) is 48.5 Å². The minimum Gasteiger partial charge on any atom is -0.448 e. The Morgan fingerprint density at radius 2 is 1.57 bits per heavy atom. The van der Waals surface area contributed by atoms with Crippen LogP contribution in [-0.4, -0.2) is 59.0 Å². The molecule has 7 nitrogen and oxygen atoms in total. The number of thiocarbonyl (C=S) groups is 1. The fourth-order valence-corrected chi connectivity index (χ4v) is 4.22. The van der Waals surface area contributed by atoms with Crippen LogP contribution in [0.15, 0.2) is 60.7 Å². The lowest BCUT2D eigenvalue weighted by molar-refractivity contribution is -0.321. The van der Waals surface area contributed by atoms with E-state index < -0.39 is 42.1 Å². The van der Waals surface area contributed by atoms with Crippen LogP contribution in [0.25, 0.3) is 0 Å². The van der Waals surface area contributed by atoms with Crippen LogP contribution >= 0.6 is 12.2 Å². The summed E-state index contributed by atoms with van der Waals surface area (Å²) in [5.74, 6) is 4.54. The second-order valence-electron chi connectivity index (χ2n) is 9.26. The zero-order valence-corrected chi connectivity index (χ0v) is 21.0. The van der Waals surface area contributed by atoms with E-state index in [0.29, 0.717) is 5.75 Å². The Balaban J connectivity index is 1.54. The molecule has 35 heavy (non-hydrogen) atoms. The van der Waals surface area contributed by atoms with Crippen molar-refractivity contribution in [3.8, 4) is 17.6 Å². The number of para-hydroxylation sites is 1. The molecular formula is C27H30O7S. The molecule has 2 saturated heterocycles. The van der Waals surface area contributed by atoms with Gasteiger partial charge in [-0.05, 0) is 52.0 Å². The average Bonchev–Trinajstić information content (AvgIpc) is 3.15. The van der Waals surface area contributed by atoms with E-state index in [4.69, 9.17) is 40.6 Å². The van der Waals surface area contributed by atoms with Gasteiger partial charge in [-0.1, -0.05) is 48.2 Å². The van der Waals surface area contributed by atoms with Gasteiger partial charge >= 0.3 is 5.24 Å². The highest BCUT2D eigenvalue weighted by Crippen LogP contribution is 2.37. The zero-order valence-electron chi connectivity index (χ0n) is 20.2. The van der Waals surface area contributed by atoms with Crippen LogP contribution in [0.1, 0.15) is 33.3 Å². The molecule has 2 aromatic carbocycles. The molecule has 0 amide bonds. The molecule has 2 aliphatic heterocycles. The van der Waals surface area contributed by atoms with Gasteiger partial charge in [0.2, 0.25) is 0 Å². The number of benzene rings is 2. The first kappa shape index (κ1) is 25.6. The van der Waals surface area contributed by atoms with Crippen LogP contribution in [0.2, 0.25) is 0 Å². The summed E-state index contributed by atoms with van der Waals surface area (Å²) in [4.78, 5) is 0. The predicted octanol–water partition coefficient (Wildman–Crippen LogP) is 3.82. The molecule has 8 heteroatoms. The van der Waals surface area contributed by atoms with Gasteiger partial charge in [0, 0.05) is 17.8 Å². The van der Waals surface area contributed by atoms with Gasteiger partial charge in [0.05, 0.1) is 6.61 Å². The van der Waals surface area contributed by atoms with E-state index in [2.05, 4.69) is 11.8 Å². The van der Waals surface area contributed by atoms with E-state index in [1.54, 1.807) is 39.8 Å². The number of hydrogen-bond acceptors (Lipinski definition) is 8. The van der Waals surface area contributed by atoms with Gasteiger partial charge < -0.3 is 33.5 Å². The van der Waals surface area contributed by atoms with Crippen LogP contribution in [0.5, 0.6) is 5.75 Å². The number of aliphatic hydroxyl groups is 1. The molecule has 0 bridgehead atoms. The maximum Gasteiger partial charge on any atom is 0.358 e. The maximum absolute atomic E-state index is 11.0. The van der Waals surface area contributed by atoms with Gasteiger partial charge in [-0.25, -0.2) is 0 Å². The zero-order chi connectivity index (χ0) is 25.1. The summed E-state index contributed by atoms with van der Waals surface area (Å²) >= 11 is 5.32. The van der Waals surface area contributed by atoms with Gasteiger partial charge in [-0.2, -0.15) is 0 Å². The summed E-state index contributed by atoms with van der Waals surface area (Å²) in [7, 11) is 0. The van der Waals surface area contributed by atoms with Gasteiger partial charge in [-0.3, -0.25) is 0 Å². The molecule has 0 aliphatic carbocycles. The SMILES string of the molecule is CC1(C)O[C@@H]([C@@H]2OC(C)(C)OC[C@H]2OC(=S)Oc2ccccc2)[C@@H]([C@H](O)C#Cc2ccccc2)O1. The summed E-state index contributed by atoms with van der Waals surface area (Å²) in [5, 5.41) is 10.9. The number of aliphatic hydroxyl groups excluding tert-OH is 1. The third-order valence-corrected chi connectivity index (χ3v) is 5.69. The van der Waals surface area contributed by atoms with Crippen molar-refractivity contribution in [3.63, 3.8) is 0 Å². The van der Waals surface area contributed by atoms with E-state index in [-0.39, 0.29) is 11.8 Å². The lowest BCUT2D eigenvalue weighted by Gasteiger charge is -2.43. The lowest BCUT2D eigenvalue weighted by atomic mass is 9.97. The molecule has 4 rings (SSSR count). The molecule has 2 heterocycles. The average molecular weight is 499 g/mol. The second kappa shape index (κ2) is 10.6. The first-order valence-corrected chi connectivity index (χ1v) is 11.9. The first-order chi connectivity index (χ1) is 16.6. The minimum atomic E-state index is -1.13. The monoisotopic (exact) mass is 498 g/mol. The molecule has 2 aliphatic rings. The predicted molar refractivity (Wildman–Crippen MR) is 133 cm³/mol. The third-order valence-electron chi connectivity index (χ3n) is 5.51. The lowest BCUT2D eigenvalue weighted by Crippen LogP contribution is -2.58. The topological polar surface area (TPSA) is 75.6 Å². The van der Waals surface area contributed by atoms with Crippen molar-refractivity contribution in [2.75, 3.05) is 6.61 Å². The molecule has 5 atom stereocenters. The van der Waals surface area contributed by atoms with E-state index >= 15 is 0 Å². The van der Waals surface area contributed by atoms with Crippen LogP contribution in [0.4, 0.5) is 0 Å². The molecule has 0 radical (unpaired) electrons. The van der Waals surface area contributed by atoms with Gasteiger partial charge in [0.25, 0.3) is 0 Å². The molecule has 0 spiro atoms.